The van der Waals surface area contributed by atoms with Gasteiger partial charge in [0, 0.05) is 0 Å². The summed E-state index contributed by atoms with van der Waals surface area (Å²) < 4.78 is 0. The molecular formula is C22H38O4. The van der Waals surface area contributed by atoms with Gasteiger partial charge in [0.05, 0.1) is 11.8 Å². The lowest BCUT2D eigenvalue weighted by Crippen LogP contribution is -2.17. The Morgan fingerprint density at radius 1 is 0.923 bits per heavy atom. The molecule has 0 saturated carbocycles. The van der Waals surface area contributed by atoms with E-state index in [2.05, 4.69) is 20.4 Å². The fraction of sp³-hybridized carbons (Fsp3) is 0.727. The summed E-state index contributed by atoms with van der Waals surface area (Å²) >= 11 is 0. The quantitative estimate of drug-likeness (QED) is 0.256. The number of carboxylic acids is 2. The summed E-state index contributed by atoms with van der Waals surface area (Å²) in [6, 6.07) is 0. The van der Waals surface area contributed by atoms with Gasteiger partial charge in [0.1, 0.15) is 0 Å². The Balaban J connectivity index is 4.25. The lowest BCUT2D eigenvalue weighted by atomic mass is 9.90. The molecule has 0 aromatic carbocycles. The molecule has 0 radical (unpaired) electrons. The maximum atomic E-state index is 11.4. The molecule has 0 amide bonds. The van der Waals surface area contributed by atoms with Crippen LogP contribution < -0.4 is 0 Å². The molecule has 0 rings (SSSR count). The van der Waals surface area contributed by atoms with Crippen LogP contribution in [0.25, 0.3) is 0 Å². The van der Waals surface area contributed by atoms with E-state index in [1.54, 1.807) is 6.08 Å². The first-order valence-corrected chi connectivity index (χ1v) is 10.1. The molecule has 0 aromatic rings. The minimum Gasteiger partial charge on any atom is -0.481 e. The molecule has 0 aliphatic rings. The number of rotatable bonds is 16. The van der Waals surface area contributed by atoms with Crippen LogP contribution >= 0.6 is 0 Å². The van der Waals surface area contributed by atoms with Crippen molar-refractivity contribution in [3.63, 3.8) is 0 Å². The van der Waals surface area contributed by atoms with Crippen LogP contribution in [0, 0.1) is 17.8 Å². The first-order chi connectivity index (χ1) is 12.3. The van der Waals surface area contributed by atoms with E-state index in [0.717, 1.165) is 24.8 Å². The van der Waals surface area contributed by atoms with Gasteiger partial charge >= 0.3 is 11.9 Å². The summed E-state index contributed by atoms with van der Waals surface area (Å²) in [7, 11) is 0. The summed E-state index contributed by atoms with van der Waals surface area (Å²) in [6.45, 7) is 10.0. The average Bonchev–Trinajstić information content (AvgIpc) is 2.60. The summed E-state index contributed by atoms with van der Waals surface area (Å²) in [5.74, 6) is -1.57. The van der Waals surface area contributed by atoms with Gasteiger partial charge in [0.15, 0.2) is 0 Å². The fourth-order valence-electron chi connectivity index (χ4n) is 3.08. The Kier molecular flexibility index (Phi) is 13.7. The molecule has 4 nitrogen and oxygen atoms in total. The van der Waals surface area contributed by atoms with Crippen LogP contribution in [0.5, 0.6) is 0 Å². The Labute approximate surface area is 159 Å². The van der Waals surface area contributed by atoms with Gasteiger partial charge in [-0.15, -0.1) is 0 Å². The lowest BCUT2D eigenvalue weighted by molar-refractivity contribution is -0.142. The van der Waals surface area contributed by atoms with E-state index >= 15 is 0 Å². The van der Waals surface area contributed by atoms with Gasteiger partial charge in [-0.3, -0.25) is 9.59 Å². The van der Waals surface area contributed by atoms with E-state index in [9.17, 15) is 19.8 Å². The second-order valence-corrected chi connectivity index (χ2v) is 7.53. The highest BCUT2D eigenvalue weighted by Gasteiger charge is 2.20. The van der Waals surface area contributed by atoms with Crippen molar-refractivity contribution in [2.24, 2.45) is 17.8 Å². The van der Waals surface area contributed by atoms with Gasteiger partial charge in [-0.2, -0.15) is 0 Å². The summed E-state index contributed by atoms with van der Waals surface area (Å²) in [4.78, 5) is 22.8. The predicted molar refractivity (Wildman–Crippen MR) is 107 cm³/mol. The normalized spacial score (nSPS) is 15.3. The number of unbranched alkanes of at least 4 members (excludes halogenated alkanes) is 1. The minimum atomic E-state index is -0.782. The van der Waals surface area contributed by atoms with Gasteiger partial charge in [-0.05, 0) is 44.9 Å². The highest BCUT2D eigenvalue weighted by Crippen LogP contribution is 2.23. The van der Waals surface area contributed by atoms with E-state index in [1.807, 2.05) is 13.0 Å². The first-order valence-electron chi connectivity index (χ1n) is 10.1. The van der Waals surface area contributed by atoms with Gasteiger partial charge in [0.25, 0.3) is 0 Å². The molecule has 0 saturated heterocycles. The highest BCUT2D eigenvalue weighted by molar-refractivity contribution is 5.70. The van der Waals surface area contributed by atoms with E-state index in [4.69, 9.17) is 0 Å². The fourth-order valence-corrected chi connectivity index (χ4v) is 3.08. The second kappa shape index (κ2) is 14.6. The van der Waals surface area contributed by atoms with Gasteiger partial charge in [-0.25, -0.2) is 0 Å². The van der Waals surface area contributed by atoms with E-state index in [1.165, 1.54) is 6.42 Å². The molecule has 0 aliphatic carbocycles. The van der Waals surface area contributed by atoms with E-state index in [0.29, 0.717) is 44.4 Å². The monoisotopic (exact) mass is 366 g/mol. The summed E-state index contributed by atoms with van der Waals surface area (Å²) in [6.07, 6.45) is 11.9. The number of carboxylic acid groups (broad SMARTS) is 2. The Bertz CT molecular complexity index is 453. The predicted octanol–water partition coefficient (Wildman–Crippen LogP) is 6.08. The number of carbonyl (C=O) groups is 2. The van der Waals surface area contributed by atoms with Crippen molar-refractivity contribution in [1.29, 1.82) is 0 Å². The Hall–Kier alpha value is -1.58. The van der Waals surface area contributed by atoms with E-state index in [-0.39, 0.29) is 5.92 Å². The van der Waals surface area contributed by atoms with Crippen LogP contribution in [0.3, 0.4) is 0 Å². The van der Waals surface area contributed by atoms with Crippen LogP contribution in [0.15, 0.2) is 24.3 Å². The van der Waals surface area contributed by atoms with Crippen LogP contribution in [0.4, 0.5) is 0 Å². The maximum Gasteiger partial charge on any atom is 0.306 e. The van der Waals surface area contributed by atoms with Gasteiger partial charge < -0.3 is 10.2 Å². The van der Waals surface area contributed by atoms with E-state index < -0.39 is 17.9 Å². The standard InChI is InChI=1S/C22H38O4/c1-5-17(3)11-7-8-13-19(21(23)24)15-10-16-20(22(25)26)14-9-12-18(4)6-2/h6,12,17,19-20H,2,5,7-11,13-16H2,1,3-4H3,(H,23,24)(H,25,26). The number of aliphatic carboxylic acids is 2. The zero-order valence-corrected chi connectivity index (χ0v) is 16.9. The molecule has 0 spiro atoms. The third-order valence-electron chi connectivity index (χ3n) is 5.30. The molecule has 0 aliphatic heterocycles. The topological polar surface area (TPSA) is 74.6 Å². The molecule has 0 aromatic heterocycles. The minimum absolute atomic E-state index is 0.343. The van der Waals surface area contributed by atoms with Crippen molar-refractivity contribution in [1.82, 2.24) is 0 Å². The molecule has 2 N–H and O–H groups in total. The summed E-state index contributed by atoms with van der Waals surface area (Å²) in [5.41, 5.74) is 1.05. The third kappa shape index (κ3) is 11.9. The Morgan fingerprint density at radius 2 is 1.42 bits per heavy atom. The molecular weight excluding hydrogens is 328 g/mol. The van der Waals surface area contributed by atoms with Crippen molar-refractivity contribution in [2.45, 2.75) is 85.0 Å². The highest BCUT2D eigenvalue weighted by atomic mass is 16.4. The molecule has 4 heteroatoms. The lowest BCUT2D eigenvalue weighted by Gasteiger charge is -2.15. The third-order valence-corrected chi connectivity index (χ3v) is 5.30. The summed E-state index contributed by atoms with van der Waals surface area (Å²) in [5, 5.41) is 18.8. The largest absolute Gasteiger partial charge is 0.481 e. The molecule has 3 unspecified atom stereocenters. The van der Waals surface area contributed by atoms with Crippen molar-refractivity contribution in [3.05, 3.63) is 24.3 Å². The molecule has 3 atom stereocenters. The second-order valence-electron chi connectivity index (χ2n) is 7.53. The van der Waals surface area contributed by atoms with Gasteiger partial charge in [-0.1, -0.05) is 70.3 Å². The smallest absolute Gasteiger partial charge is 0.306 e. The molecule has 0 fully saturated rings. The van der Waals surface area contributed by atoms with Crippen molar-refractivity contribution >= 4 is 11.9 Å². The van der Waals surface area contributed by atoms with Crippen LogP contribution in [0.1, 0.15) is 85.0 Å². The van der Waals surface area contributed by atoms with Crippen molar-refractivity contribution < 1.29 is 19.8 Å². The number of hydrogen-bond acceptors (Lipinski definition) is 2. The zero-order chi connectivity index (χ0) is 19.9. The first kappa shape index (κ1) is 24.4. The zero-order valence-electron chi connectivity index (χ0n) is 16.9. The van der Waals surface area contributed by atoms with Crippen molar-refractivity contribution in [2.75, 3.05) is 0 Å². The number of hydrogen-bond donors (Lipinski definition) is 2. The van der Waals surface area contributed by atoms with Crippen LogP contribution in [-0.2, 0) is 9.59 Å². The number of allylic oxidation sites excluding steroid dienone is 3. The maximum absolute atomic E-state index is 11.4. The molecule has 0 heterocycles. The van der Waals surface area contributed by atoms with Crippen molar-refractivity contribution in [3.8, 4) is 0 Å². The van der Waals surface area contributed by atoms with Crippen LogP contribution in [-0.4, -0.2) is 22.2 Å². The molecule has 0 bridgehead atoms. The Morgan fingerprint density at radius 3 is 1.92 bits per heavy atom. The SMILES string of the molecule is C=CC(C)=CCCC(CCCC(CCCCC(C)CC)C(=O)O)C(=O)O. The average molecular weight is 367 g/mol. The molecule has 150 valence electrons. The van der Waals surface area contributed by atoms with Crippen LogP contribution in [0.2, 0.25) is 0 Å². The molecule has 26 heavy (non-hydrogen) atoms. The van der Waals surface area contributed by atoms with Gasteiger partial charge in [0.2, 0.25) is 0 Å².